The average molecular weight is 438 g/mol. The van der Waals surface area contributed by atoms with Crippen LogP contribution in [0, 0.1) is 6.92 Å². The summed E-state index contributed by atoms with van der Waals surface area (Å²) >= 11 is 0. The number of rotatable bonds is 8. The van der Waals surface area contributed by atoms with Crippen LogP contribution in [0.25, 0.3) is 0 Å². The van der Waals surface area contributed by atoms with Crippen molar-refractivity contribution in [2.75, 3.05) is 24.7 Å². The Morgan fingerprint density at radius 1 is 1.03 bits per heavy atom. The quantitative estimate of drug-likeness (QED) is 0.581. The number of ether oxygens (including phenoxy) is 2. The summed E-state index contributed by atoms with van der Waals surface area (Å²) in [5, 5.41) is 0. The molecule has 1 amide bonds. The molecule has 0 spiro atoms. The predicted molar refractivity (Wildman–Crippen MR) is 113 cm³/mol. The molecule has 1 aromatic carbocycles. The Kier molecular flexibility index (Phi) is 7.75. The molecule has 1 saturated heterocycles. The average Bonchev–Trinajstić information content (AvgIpc) is 3.08. The second-order valence-corrected chi connectivity index (χ2v) is 10.5. The molecular formula is C22H31NO6S. The van der Waals surface area contributed by atoms with Crippen LogP contribution in [0.1, 0.15) is 50.5 Å². The fourth-order valence-corrected chi connectivity index (χ4v) is 5.95. The first-order valence-electron chi connectivity index (χ1n) is 10.7. The van der Waals surface area contributed by atoms with Crippen LogP contribution in [-0.4, -0.2) is 62.0 Å². The molecule has 0 radical (unpaired) electrons. The maximum absolute atomic E-state index is 12.9. The summed E-state index contributed by atoms with van der Waals surface area (Å²) in [5.41, 5.74) is 1.12. The standard InChI is InChI=1S/C22H31NO6S/c1-17-7-9-20(10-8-17)28-13-11-22(25)29-15-21(24)23(18-5-3-2-4-6-18)19-12-14-30(26,27)16-19/h7-10,18-19H,2-6,11-16H2,1H3. The van der Waals surface area contributed by atoms with Crippen LogP contribution < -0.4 is 4.74 Å². The van der Waals surface area contributed by atoms with Crippen LogP contribution in [-0.2, 0) is 24.2 Å². The van der Waals surface area contributed by atoms with Crippen LogP contribution >= 0.6 is 0 Å². The molecule has 1 atom stereocenters. The number of aryl methyl sites for hydroxylation is 1. The first-order valence-corrected chi connectivity index (χ1v) is 12.5. The molecule has 166 valence electrons. The SMILES string of the molecule is Cc1ccc(OCCC(=O)OCC(=O)N(C2CCCCC2)C2CCS(=O)(=O)C2)cc1. The van der Waals surface area contributed by atoms with Gasteiger partial charge in [-0.05, 0) is 38.3 Å². The number of hydrogen-bond acceptors (Lipinski definition) is 6. The van der Waals surface area contributed by atoms with E-state index in [1.54, 1.807) is 4.90 Å². The van der Waals surface area contributed by atoms with Gasteiger partial charge in [0.2, 0.25) is 0 Å². The van der Waals surface area contributed by atoms with Crippen molar-refractivity contribution in [2.45, 2.75) is 64.0 Å². The van der Waals surface area contributed by atoms with Gasteiger partial charge in [-0.3, -0.25) is 9.59 Å². The van der Waals surface area contributed by atoms with Crippen LogP contribution in [0.4, 0.5) is 0 Å². The van der Waals surface area contributed by atoms with E-state index in [0.29, 0.717) is 12.2 Å². The summed E-state index contributed by atoms with van der Waals surface area (Å²) in [6.45, 7) is 1.80. The van der Waals surface area contributed by atoms with Crippen molar-refractivity contribution in [3.05, 3.63) is 29.8 Å². The number of esters is 1. The zero-order valence-electron chi connectivity index (χ0n) is 17.5. The van der Waals surface area contributed by atoms with E-state index in [0.717, 1.165) is 37.7 Å². The van der Waals surface area contributed by atoms with E-state index in [4.69, 9.17) is 9.47 Å². The maximum Gasteiger partial charge on any atom is 0.309 e. The Bertz CT molecular complexity index is 830. The molecule has 1 aromatic rings. The van der Waals surface area contributed by atoms with E-state index in [9.17, 15) is 18.0 Å². The van der Waals surface area contributed by atoms with Crippen molar-refractivity contribution in [1.82, 2.24) is 4.90 Å². The van der Waals surface area contributed by atoms with Gasteiger partial charge < -0.3 is 14.4 Å². The summed E-state index contributed by atoms with van der Waals surface area (Å²) in [7, 11) is -3.10. The van der Waals surface area contributed by atoms with Crippen molar-refractivity contribution < 1.29 is 27.5 Å². The van der Waals surface area contributed by atoms with Gasteiger partial charge in [-0.2, -0.15) is 0 Å². The fraction of sp³-hybridized carbons (Fsp3) is 0.636. The fourth-order valence-electron chi connectivity index (χ4n) is 4.24. The second kappa shape index (κ2) is 10.3. The van der Waals surface area contributed by atoms with Crippen molar-refractivity contribution in [3.8, 4) is 5.75 Å². The Morgan fingerprint density at radius 3 is 2.37 bits per heavy atom. The minimum atomic E-state index is -3.10. The van der Waals surface area contributed by atoms with E-state index in [2.05, 4.69) is 0 Å². The molecule has 0 aromatic heterocycles. The zero-order chi connectivity index (χ0) is 21.6. The highest BCUT2D eigenvalue weighted by molar-refractivity contribution is 7.91. The van der Waals surface area contributed by atoms with Gasteiger partial charge in [0.1, 0.15) is 5.75 Å². The van der Waals surface area contributed by atoms with E-state index in [1.807, 2.05) is 31.2 Å². The second-order valence-electron chi connectivity index (χ2n) is 8.22. The number of hydrogen-bond donors (Lipinski definition) is 0. The van der Waals surface area contributed by atoms with E-state index >= 15 is 0 Å². The maximum atomic E-state index is 12.9. The Balaban J connectivity index is 1.49. The summed E-state index contributed by atoms with van der Waals surface area (Å²) < 4.78 is 34.6. The first-order chi connectivity index (χ1) is 14.3. The third-order valence-corrected chi connectivity index (χ3v) is 7.56. The van der Waals surface area contributed by atoms with Gasteiger partial charge in [-0.1, -0.05) is 37.0 Å². The topological polar surface area (TPSA) is 90.0 Å². The highest BCUT2D eigenvalue weighted by Gasteiger charge is 2.38. The Morgan fingerprint density at radius 2 is 1.73 bits per heavy atom. The molecule has 1 saturated carbocycles. The van der Waals surface area contributed by atoms with Gasteiger partial charge in [-0.15, -0.1) is 0 Å². The van der Waals surface area contributed by atoms with Gasteiger partial charge in [0.25, 0.3) is 5.91 Å². The molecule has 30 heavy (non-hydrogen) atoms. The van der Waals surface area contributed by atoms with Gasteiger partial charge in [-0.25, -0.2) is 8.42 Å². The van der Waals surface area contributed by atoms with Crippen LogP contribution in [0.5, 0.6) is 5.75 Å². The minimum Gasteiger partial charge on any atom is -0.493 e. The lowest BCUT2D eigenvalue weighted by Crippen LogP contribution is -2.50. The molecular weight excluding hydrogens is 406 g/mol. The summed E-state index contributed by atoms with van der Waals surface area (Å²) in [4.78, 5) is 26.6. The zero-order valence-corrected chi connectivity index (χ0v) is 18.4. The van der Waals surface area contributed by atoms with Crippen LogP contribution in [0.3, 0.4) is 0 Å². The number of sulfone groups is 1. The number of nitrogens with zero attached hydrogens (tertiary/aromatic N) is 1. The molecule has 0 N–H and O–H groups in total. The molecule has 1 heterocycles. The van der Waals surface area contributed by atoms with E-state index < -0.39 is 15.8 Å². The summed E-state index contributed by atoms with van der Waals surface area (Å²) in [6.07, 6.45) is 5.46. The van der Waals surface area contributed by atoms with Crippen LogP contribution in [0.15, 0.2) is 24.3 Å². The molecule has 1 unspecified atom stereocenters. The lowest BCUT2D eigenvalue weighted by atomic mass is 9.93. The monoisotopic (exact) mass is 437 g/mol. The molecule has 0 bridgehead atoms. The van der Waals surface area contributed by atoms with Gasteiger partial charge in [0.05, 0.1) is 24.5 Å². The van der Waals surface area contributed by atoms with E-state index in [-0.39, 0.29) is 49.1 Å². The van der Waals surface area contributed by atoms with Crippen molar-refractivity contribution in [3.63, 3.8) is 0 Å². The van der Waals surface area contributed by atoms with Gasteiger partial charge in [0.15, 0.2) is 16.4 Å². The van der Waals surface area contributed by atoms with Crippen molar-refractivity contribution >= 4 is 21.7 Å². The lowest BCUT2D eigenvalue weighted by Gasteiger charge is -2.38. The lowest BCUT2D eigenvalue weighted by molar-refractivity contribution is -0.154. The van der Waals surface area contributed by atoms with E-state index in [1.165, 1.54) is 0 Å². The number of carbonyl (C=O) groups is 2. The Hall–Kier alpha value is -2.09. The predicted octanol–water partition coefficient (Wildman–Crippen LogP) is 2.66. The van der Waals surface area contributed by atoms with Crippen molar-refractivity contribution in [1.29, 1.82) is 0 Å². The molecule has 2 aliphatic rings. The summed E-state index contributed by atoms with van der Waals surface area (Å²) in [6, 6.07) is 7.25. The molecule has 1 aliphatic carbocycles. The number of carbonyl (C=O) groups excluding carboxylic acids is 2. The third-order valence-electron chi connectivity index (χ3n) is 5.81. The van der Waals surface area contributed by atoms with Gasteiger partial charge >= 0.3 is 5.97 Å². The van der Waals surface area contributed by atoms with Crippen LogP contribution in [0.2, 0.25) is 0 Å². The number of benzene rings is 1. The minimum absolute atomic E-state index is 0.00752. The third kappa shape index (κ3) is 6.45. The molecule has 7 nitrogen and oxygen atoms in total. The van der Waals surface area contributed by atoms with Gasteiger partial charge in [0, 0.05) is 12.1 Å². The molecule has 2 fully saturated rings. The highest BCUT2D eigenvalue weighted by atomic mass is 32.2. The Labute approximate surface area is 178 Å². The number of amides is 1. The molecule has 8 heteroatoms. The first kappa shape index (κ1) is 22.6. The molecule has 3 rings (SSSR count). The normalized spacial score (nSPS) is 21.2. The summed E-state index contributed by atoms with van der Waals surface area (Å²) in [5.74, 6) is 0.00280. The smallest absolute Gasteiger partial charge is 0.309 e. The largest absolute Gasteiger partial charge is 0.493 e. The highest BCUT2D eigenvalue weighted by Crippen LogP contribution is 2.28. The molecule has 1 aliphatic heterocycles. The van der Waals surface area contributed by atoms with Crippen molar-refractivity contribution in [2.24, 2.45) is 0 Å².